The number of amides is 12. The second-order valence-corrected chi connectivity index (χ2v) is 28.4. The lowest BCUT2D eigenvalue weighted by atomic mass is 9.96. The van der Waals surface area contributed by atoms with E-state index in [1.807, 2.05) is 85.7 Å². The number of likely N-dealkylation sites (tertiary alicyclic amines) is 1. The molecule has 0 saturated carbocycles. The Hall–Kier alpha value is -7.96. The van der Waals surface area contributed by atoms with Crippen LogP contribution in [0.1, 0.15) is 151 Å². The number of nitrogens with one attached hydrogen (secondary N) is 4. The molecule has 2 saturated heterocycles. The van der Waals surface area contributed by atoms with E-state index in [0.717, 1.165) is 26.7 Å². The van der Waals surface area contributed by atoms with Gasteiger partial charge in [-0.05, 0) is 113 Å². The van der Waals surface area contributed by atoms with Crippen LogP contribution in [0.15, 0.2) is 60.7 Å². The zero-order valence-electron chi connectivity index (χ0n) is 61.0. The Morgan fingerprint density at radius 3 is 1.44 bits per heavy atom. The monoisotopic (exact) mass is 1350 g/mol. The lowest BCUT2D eigenvalue weighted by Gasteiger charge is -2.38. The number of aliphatic hydroxyl groups is 1. The van der Waals surface area contributed by atoms with Crippen LogP contribution in [0, 0.1) is 23.7 Å². The van der Waals surface area contributed by atoms with Crippen LogP contribution in [0.2, 0.25) is 0 Å². The van der Waals surface area contributed by atoms with Gasteiger partial charge in [-0.25, -0.2) is 0 Å². The second kappa shape index (κ2) is 38.3. The van der Waals surface area contributed by atoms with Gasteiger partial charge in [-0.1, -0.05) is 123 Å². The van der Waals surface area contributed by atoms with Gasteiger partial charge in [0.05, 0.1) is 19.1 Å². The highest BCUT2D eigenvalue weighted by Crippen LogP contribution is 2.24. The van der Waals surface area contributed by atoms with E-state index in [2.05, 4.69) is 21.3 Å². The molecule has 2 aromatic carbocycles. The topological polar surface area (TPSA) is 299 Å². The molecule has 0 bridgehead atoms. The van der Waals surface area contributed by atoms with Crippen molar-refractivity contribution in [2.75, 3.05) is 69.0 Å². The number of aliphatic hydroxyl groups excluding tert-OH is 1. The molecule has 2 fully saturated rings. The first-order valence-corrected chi connectivity index (χ1v) is 34.6. The van der Waals surface area contributed by atoms with Crippen LogP contribution >= 0.6 is 0 Å². The predicted octanol–water partition coefficient (Wildman–Crippen LogP) is 3.63. The van der Waals surface area contributed by atoms with E-state index in [9.17, 15) is 38.7 Å². The van der Waals surface area contributed by atoms with Crippen molar-refractivity contribution in [3.63, 3.8) is 0 Å². The van der Waals surface area contributed by atoms with Gasteiger partial charge in [0.1, 0.15) is 60.4 Å². The zero-order chi connectivity index (χ0) is 72.9. The maximum absolute atomic E-state index is 15.4. The number of carbonyl (C=O) groups is 12. The molecule has 97 heavy (non-hydrogen) atoms. The molecule has 2 aliphatic rings. The van der Waals surface area contributed by atoms with Crippen molar-refractivity contribution in [3.8, 4) is 0 Å². The van der Waals surface area contributed by atoms with Crippen LogP contribution in [-0.2, 0) is 70.4 Å². The SMILES string of the molecule is CC[C@@H]1NC(=O)[C@H](CCc2ccccc2)N(C)C(=O)[C@H](CC(C)C)N(C)C(=O)[C@H](CC(C)C)NC(=O)[C@H](C)N(C)C(=O)C[C@@H](C(=O)N2CCCCC2)NC(=O)[C@H](CC(C)C)N(C)C(=O)CN(C)C(=O)[C@H]([C@@H](C)O)NC(=O)[C@H](CC(C)C)N(C)C(=O)[C@H](Cc2ccccc2)N(C)C1=O. The number of hydrogen-bond donors (Lipinski definition) is 5. The summed E-state index contributed by atoms with van der Waals surface area (Å²) in [4.78, 5) is 188. The molecular formula is C72H114N12O13. The first-order chi connectivity index (χ1) is 45.5. The molecule has 25 nitrogen and oxygen atoms in total. The summed E-state index contributed by atoms with van der Waals surface area (Å²) in [5, 5.41) is 22.5. The second-order valence-electron chi connectivity index (χ2n) is 28.4. The van der Waals surface area contributed by atoms with E-state index in [0.29, 0.717) is 37.9 Å². The number of likely N-dealkylation sites (N-methyl/N-ethyl adjacent to an activating group) is 7. The predicted molar refractivity (Wildman–Crippen MR) is 370 cm³/mol. The maximum Gasteiger partial charge on any atom is 0.248 e. The number of aryl methyl sites for hydroxylation is 1. The van der Waals surface area contributed by atoms with Gasteiger partial charge in [-0.2, -0.15) is 0 Å². The van der Waals surface area contributed by atoms with Crippen LogP contribution < -0.4 is 21.3 Å². The fraction of sp³-hybridized carbons (Fsp3) is 0.667. The summed E-state index contributed by atoms with van der Waals surface area (Å²) in [5.74, 6) is -9.20. The highest BCUT2D eigenvalue weighted by molar-refractivity contribution is 6.00. The standard InChI is InChI=1S/C72H114N12O13/c1-19-52-67(92)83(18)59(41-51-31-25-21-26-32-51)71(96)81(16)57(39-46(6)7)66(91)76-62(49(11)85)72(97)77(12)43-61(87)79(14)56(38-45(4)5)65(90)75-54(69(94)84-35-27-22-28-36-84)42-60(86)78(13)48(10)63(88)74-53(37-44(2)3)68(93)82(17)58(40-47(8)9)70(95)80(15)55(64(89)73-52)34-33-50-29-23-20-24-30-50/h20-21,23-26,29-32,44-49,52-59,62,85H,19,22,27-28,33-43H2,1-18H3,(H,73,89)(H,74,88)(H,75,90)(H,76,91)/t48-,49+,52-,53-,54-,55-,56-,57-,58-,59-,62-/m0/s1. The number of piperidine rings is 1. The Morgan fingerprint density at radius 1 is 0.474 bits per heavy atom. The van der Waals surface area contributed by atoms with Crippen molar-refractivity contribution in [1.82, 2.24) is 60.5 Å². The van der Waals surface area contributed by atoms with Crippen LogP contribution in [0.4, 0.5) is 0 Å². The van der Waals surface area contributed by atoms with Gasteiger partial charge in [0.25, 0.3) is 0 Å². The van der Waals surface area contributed by atoms with E-state index in [1.54, 1.807) is 42.2 Å². The molecule has 4 rings (SSSR count). The smallest absolute Gasteiger partial charge is 0.248 e. The number of nitrogens with zero attached hydrogens (tertiary/aromatic N) is 8. The van der Waals surface area contributed by atoms with Crippen molar-refractivity contribution in [2.24, 2.45) is 23.7 Å². The summed E-state index contributed by atoms with van der Waals surface area (Å²) in [6.07, 6.45) is 0.863. The van der Waals surface area contributed by atoms with E-state index >= 15 is 24.0 Å². The van der Waals surface area contributed by atoms with Gasteiger partial charge in [0.15, 0.2) is 0 Å². The average Bonchev–Trinajstić information content (AvgIpc) is 0.836. The normalized spacial score (nSPS) is 25.5. The summed E-state index contributed by atoms with van der Waals surface area (Å²) in [6.45, 7) is 19.3. The summed E-state index contributed by atoms with van der Waals surface area (Å²) in [7, 11) is 9.82. The minimum atomic E-state index is -1.66. The third-order valence-electron chi connectivity index (χ3n) is 18.7. The van der Waals surface area contributed by atoms with Crippen LogP contribution in [0.25, 0.3) is 0 Å². The Bertz CT molecular complexity index is 3000. The molecule has 11 atom stereocenters. The third-order valence-corrected chi connectivity index (χ3v) is 18.7. The Kier molecular flexibility index (Phi) is 32.1. The molecule has 0 aliphatic carbocycles. The number of rotatable bonds is 16. The molecule has 2 heterocycles. The summed E-state index contributed by atoms with van der Waals surface area (Å²) in [5.41, 5.74) is 1.52. The van der Waals surface area contributed by atoms with Crippen molar-refractivity contribution in [3.05, 3.63) is 71.8 Å². The Labute approximate surface area is 575 Å². The highest BCUT2D eigenvalue weighted by Gasteiger charge is 2.43. The average molecular weight is 1360 g/mol. The summed E-state index contributed by atoms with van der Waals surface area (Å²) in [6, 6.07) is 5.15. The minimum absolute atomic E-state index is 0.0368. The maximum atomic E-state index is 15.4. The van der Waals surface area contributed by atoms with Gasteiger partial charge in [-0.3, -0.25) is 57.5 Å². The molecule has 2 aromatic rings. The van der Waals surface area contributed by atoms with Gasteiger partial charge >= 0.3 is 0 Å². The number of carbonyl (C=O) groups excluding carboxylic acids is 12. The molecule has 0 unspecified atom stereocenters. The van der Waals surface area contributed by atoms with Crippen LogP contribution in [0.5, 0.6) is 0 Å². The number of benzene rings is 2. The van der Waals surface area contributed by atoms with Crippen LogP contribution in [0.3, 0.4) is 0 Å². The summed E-state index contributed by atoms with van der Waals surface area (Å²) < 4.78 is 0. The lowest BCUT2D eigenvalue weighted by Crippen LogP contribution is -2.62. The van der Waals surface area contributed by atoms with Gasteiger partial charge in [-0.15, -0.1) is 0 Å². The lowest BCUT2D eigenvalue weighted by molar-refractivity contribution is -0.151. The minimum Gasteiger partial charge on any atom is -0.391 e. The van der Waals surface area contributed by atoms with E-state index in [-0.39, 0.29) is 68.6 Å². The quantitative estimate of drug-likeness (QED) is 0.161. The van der Waals surface area contributed by atoms with E-state index in [4.69, 9.17) is 0 Å². The third kappa shape index (κ3) is 23.4. The van der Waals surface area contributed by atoms with Crippen LogP contribution in [-0.4, -0.2) is 251 Å². The molecule has 12 amide bonds. The fourth-order valence-corrected chi connectivity index (χ4v) is 12.4. The van der Waals surface area contributed by atoms with Gasteiger partial charge in [0.2, 0.25) is 70.9 Å². The molecule has 0 aromatic heterocycles. The Balaban J connectivity index is 1.94. The molecule has 5 N–H and O–H groups in total. The van der Waals surface area contributed by atoms with Gasteiger partial charge in [0, 0.05) is 68.8 Å². The van der Waals surface area contributed by atoms with Gasteiger partial charge < -0.3 is 65.6 Å². The largest absolute Gasteiger partial charge is 0.391 e. The molecule has 540 valence electrons. The Morgan fingerprint density at radius 2 is 0.918 bits per heavy atom. The van der Waals surface area contributed by atoms with Crippen molar-refractivity contribution in [1.29, 1.82) is 0 Å². The van der Waals surface area contributed by atoms with Crippen molar-refractivity contribution < 1.29 is 62.6 Å². The molecule has 2 aliphatic heterocycles. The van der Waals surface area contributed by atoms with E-state index < -0.39 is 150 Å². The molecule has 25 heteroatoms. The van der Waals surface area contributed by atoms with Crippen molar-refractivity contribution in [2.45, 2.75) is 220 Å². The fourth-order valence-electron chi connectivity index (χ4n) is 12.4. The molecular weight excluding hydrogens is 1240 g/mol. The highest BCUT2D eigenvalue weighted by atomic mass is 16.3. The zero-order valence-corrected chi connectivity index (χ0v) is 61.0. The molecule has 0 radical (unpaired) electrons. The first kappa shape index (κ1) is 81.5. The molecule has 0 spiro atoms. The van der Waals surface area contributed by atoms with E-state index in [1.165, 1.54) is 82.8 Å². The summed E-state index contributed by atoms with van der Waals surface area (Å²) >= 11 is 0. The first-order valence-electron chi connectivity index (χ1n) is 34.6. The van der Waals surface area contributed by atoms with Crippen molar-refractivity contribution >= 4 is 70.9 Å². The number of hydrogen-bond acceptors (Lipinski definition) is 13.